The first-order valence-electron chi connectivity index (χ1n) is 6.39. The van der Waals surface area contributed by atoms with Crippen LogP contribution in [-0.4, -0.2) is 30.3 Å². The number of hydrogen-bond acceptors (Lipinski definition) is 6. The molecule has 0 fully saturated rings. The number of hydrogen-bond donors (Lipinski definition) is 1. The zero-order valence-electron chi connectivity index (χ0n) is 11.9. The van der Waals surface area contributed by atoms with Crippen LogP contribution in [0.3, 0.4) is 0 Å². The molecule has 2 aromatic rings. The summed E-state index contributed by atoms with van der Waals surface area (Å²) in [6.07, 6.45) is 0. The van der Waals surface area contributed by atoms with Gasteiger partial charge in [-0.1, -0.05) is 11.2 Å². The maximum absolute atomic E-state index is 12.1. The monoisotopic (exact) mass is 326 g/mol. The smallest absolute Gasteiger partial charge is 0.387 e. The molecule has 1 heterocycles. The van der Waals surface area contributed by atoms with Crippen molar-refractivity contribution in [2.45, 2.75) is 13.5 Å². The van der Waals surface area contributed by atoms with E-state index in [4.69, 9.17) is 9.26 Å². The number of ether oxygens (including phenoxy) is 2. The van der Waals surface area contributed by atoms with E-state index in [1.807, 2.05) is 0 Å². The molecule has 2 rings (SSSR count). The minimum absolute atomic E-state index is 0.0218. The van der Waals surface area contributed by atoms with Gasteiger partial charge in [0.25, 0.3) is 5.91 Å². The lowest BCUT2D eigenvalue weighted by molar-refractivity contribution is -0.119. The summed E-state index contributed by atoms with van der Waals surface area (Å²) in [6, 6.07) is 6.54. The van der Waals surface area contributed by atoms with E-state index in [9.17, 15) is 18.4 Å². The number of rotatable bonds is 6. The number of aryl methyl sites for hydroxylation is 1. The van der Waals surface area contributed by atoms with Crippen LogP contribution in [0.5, 0.6) is 5.75 Å². The van der Waals surface area contributed by atoms with Gasteiger partial charge >= 0.3 is 12.6 Å². The second-order valence-corrected chi connectivity index (χ2v) is 4.36. The van der Waals surface area contributed by atoms with Crippen molar-refractivity contribution in [1.29, 1.82) is 0 Å². The second-order valence-electron chi connectivity index (χ2n) is 4.36. The van der Waals surface area contributed by atoms with Crippen molar-refractivity contribution in [3.05, 3.63) is 41.6 Å². The van der Waals surface area contributed by atoms with Crippen LogP contribution in [-0.2, 0) is 9.53 Å². The number of anilines is 1. The summed E-state index contributed by atoms with van der Waals surface area (Å²) in [7, 11) is 0. The predicted octanol–water partition coefficient (Wildman–Crippen LogP) is 2.38. The number of esters is 1. The summed E-state index contributed by atoms with van der Waals surface area (Å²) in [4.78, 5) is 23.3. The SMILES string of the molecule is Cc1cc(NC(=O)COC(=O)c2cccc(OC(F)F)c2)on1. The number of carbonyl (C=O) groups excluding carboxylic acids is 2. The van der Waals surface area contributed by atoms with Crippen LogP contribution < -0.4 is 10.1 Å². The topological polar surface area (TPSA) is 90.7 Å². The maximum Gasteiger partial charge on any atom is 0.387 e. The highest BCUT2D eigenvalue weighted by molar-refractivity contribution is 5.95. The molecule has 7 nitrogen and oxygen atoms in total. The van der Waals surface area contributed by atoms with Gasteiger partial charge < -0.3 is 14.0 Å². The fraction of sp³-hybridized carbons (Fsp3) is 0.214. The average Bonchev–Trinajstić information content (AvgIpc) is 2.89. The molecule has 0 atom stereocenters. The van der Waals surface area contributed by atoms with E-state index in [1.165, 1.54) is 24.3 Å². The molecule has 0 radical (unpaired) electrons. The normalized spacial score (nSPS) is 10.4. The van der Waals surface area contributed by atoms with E-state index < -0.39 is 25.1 Å². The van der Waals surface area contributed by atoms with Gasteiger partial charge in [-0.2, -0.15) is 8.78 Å². The Balaban J connectivity index is 1.87. The van der Waals surface area contributed by atoms with E-state index in [2.05, 4.69) is 15.2 Å². The number of nitrogens with zero attached hydrogens (tertiary/aromatic N) is 1. The van der Waals surface area contributed by atoms with E-state index in [0.29, 0.717) is 5.69 Å². The van der Waals surface area contributed by atoms with Gasteiger partial charge in [0.1, 0.15) is 5.75 Å². The number of benzene rings is 1. The Morgan fingerprint density at radius 1 is 1.35 bits per heavy atom. The zero-order chi connectivity index (χ0) is 16.8. The van der Waals surface area contributed by atoms with E-state index in [0.717, 1.165) is 6.07 Å². The highest BCUT2D eigenvalue weighted by atomic mass is 19.3. The maximum atomic E-state index is 12.1. The van der Waals surface area contributed by atoms with Crippen molar-refractivity contribution in [2.24, 2.45) is 0 Å². The van der Waals surface area contributed by atoms with Crippen LogP contribution in [0.25, 0.3) is 0 Å². The Kier molecular flexibility index (Phi) is 5.23. The van der Waals surface area contributed by atoms with E-state index in [1.54, 1.807) is 6.92 Å². The molecule has 23 heavy (non-hydrogen) atoms. The molecule has 1 aromatic heterocycles. The first-order chi connectivity index (χ1) is 10.9. The average molecular weight is 326 g/mol. The van der Waals surface area contributed by atoms with Crippen molar-refractivity contribution >= 4 is 17.8 Å². The number of alkyl halides is 2. The third kappa shape index (κ3) is 5.06. The van der Waals surface area contributed by atoms with Crippen LogP contribution >= 0.6 is 0 Å². The van der Waals surface area contributed by atoms with Crippen LogP contribution in [0.4, 0.5) is 14.7 Å². The third-order valence-corrected chi connectivity index (χ3v) is 2.52. The van der Waals surface area contributed by atoms with Gasteiger partial charge in [0.2, 0.25) is 5.88 Å². The van der Waals surface area contributed by atoms with Crippen LogP contribution in [0, 0.1) is 6.92 Å². The fourth-order valence-electron chi connectivity index (χ4n) is 1.61. The molecule has 0 aliphatic rings. The molecule has 0 aliphatic carbocycles. The summed E-state index contributed by atoms with van der Waals surface area (Å²) in [5.74, 6) is -1.55. The molecule has 0 bridgehead atoms. The zero-order valence-corrected chi connectivity index (χ0v) is 11.9. The van der Waals surface area contributed by atoms with Crippen molar-refractivity contribution in [1.82, 2.24) is 5.16 Å². The highest BCUT2D eigenvalue weighted by Gasteiger charge is 2.13. The first kappa shape index (κ1) is 16.4. The van der Waals surface area contributed by atoms with Gasteiger partial charge in [0.15, 0.2) is 6.61 Å². The number of halogens is 2. The molecular formula is C14H12F2N2O5. The molecule has 0 spiro atoms. The molecule has 1 amide bonds. The number of nitrogens with one attached hydrogen (secondary N) is 1. The number of amides is 1. The summed E-state index contributed by atoms with van der Waals surface area (Å²) in [6.45, 7) is -1.90. The molecular weight excluding hydrogens is 314 g/mol. The third-order valence-electron chi connectivity index (χ3n) is 2.52. The molecule has 0 aliphatic heterocycles. The molecule has 0 saturated heterocycles. The van der Waals surface area contributed by atoms with E-state index in [-0.39, 0.29) is 17.2 Å². The standard InChI is InChI=1S/C14H12F2N2O5/c1-8-5-12(23-18-8)17-11(19)7-21-13(20)9-3-2-4-10(6-9)22-14(15)16/h2-6,14H,7H2,1H3,(H,17,19). The second kappa shape index (κ2) is 7.34. The lowest BCUT2D eigenvalue weighted by Crippen LogP contribution is -2.20. The lowest BCUT2D eigenvalue weighted by Gasteiger charge is -2.07. The van der Waals surface area contributed by atoms with Crippen molar-refractivity contribution in [2.75, 3.05) is 11.9 Å². The fourth-order valence-corrected chi connectivity index (χ4v) is 1.61. The Morgan fingerprint density at radius 3 is 2.78 bits per heavy atom. The van der Waals surface area contributed by atoms with Crippen LogP contribution in [0.1, 0.15) is 16.1 Å². The molecule has 9 heteroatoms. The van der Waals surface area contributed by atoms with E-state index >= 15 is 0 Å². The molecule has 1 aromatic carbocycles. The largest absolute Gasteiger partial charge is 0.452 e. The predicted molar refractivity (Wildman–Crippen MR) is 73.2 cm³/mol. The van der Waals surface area contributed by atoms with Gasteiger partial charge in [0, 0.05) is 6.07 Å². The van der Waals surface area contributed by atoms with Gasteiger partial charge in [-0.25, -0.2) is 4.79 Å². The summed E-state index contributed by atoms with van der Waals surface area (Å²) in [5, 5.41) is 5.91. The van der Waals surface area contributed by atoms with Crippen LogP contribution in [0.15, 0.2) is 34.9 Å². The van der Waals surface area contributed by atoms with Gasteiger partial charge in [0.05, 0.1) is 11.3 Å². The van der Waals surface area contributed by atoms with Gasteiger partial charge in [-0.3, -0.25) is 10.1 Å². The Hall–Kier alpha value is -2.97. The Bertz CT molecular complexity index is 702. The minimum Gasteiger partial charge on any atom is -0.452 e. The molecule has 122 valence electrons. The first-order valence-corrected chi connectivity index (χ1v) is 6.39. The van der Waals surface area contributed by atoms with Gasteiger partial charge in [-0.05, 0) is 25.1 Å². The lowest BCUT2D eigenvalue weighted by atomic mass is 10.2. The number of carbonyl (C=O) groups is 2. The summed E-state index contributed by atoms with van der Waals surface area (Å²) < 4.78 is 37.9. The van der Waals surface area contributed by atoms with Crippen molar-refractivity contribution in [3.8, 4) is 5.75 Å². The molecule has 0 saturated carbocycles. The summed E-state index contributed by atoms with van der Waals surface area (Å²) >= 11 is 0. The minimum atomic E-state index is -3.00. The number of aromatic nitrogens is 1. The highest BCUT2D eigenvalue weighted by Crippen LogP contribution is 2.16. The molecule has 0 unspecified atom stereocenters. The van der Waals surface area contributed by atoms with Crippen LogP contribution in [0.2, 0.25) is 0 Å². The van der Waals surface area contributed by atoms with Crippen molar-refractivity contribution < 1.29 is 32.4 Å². The Morgan fingerprint density at radius 2 is 2.13 bits per heavy atom. The Labute approximate surface area is 129 Å². The molecule has 1 N–H and O–H groups in total. The summed E-state index contributed by atoms with van der Waals surface area (Å²) in [5.41, 5.74) is 0.555. The van der Waals surface area contributed by atoms with Crippen molar-refractivity contribution in [3.63, 3.8) is 0 Å². The van der Waals surface area contributed by atoms with Gasteiger partial charge in [-0.15, -0.1) is 0 Å². The quantitative estimate of drug-likeness (QED) is 0.820.